The topological polar surface area (TPSA) is 95.5 Å². The Morgan fingerprint density at radius 2 is 2.13 bits per heavy atom. The van der Waals surface area contributed by atoms with Gasteiger partial charge in [-0.1, -0.05) is 24.3 Å². The molecule has 0 spiro atoms. The van der Waals surface area contributed by atoms with Crippen molar-refractivity contribution in [3.05, 3.63) is 35.4 Å². The van der Waals surface area contributed by atoms with Crippen LogP contribution in [-0.2, 0) is 21.9 Å². The first-order valence-corrected chi connectivity index (χ1v) is 9.76. The number of carbonyl (C=O) groups is 1. The van der Waals surface area contributed by atoms with Crippen LogP contribution < -0.4 is 10.6 Å². The van der Waals surface area contributed by atoms with Gasteiger partial charge < -0.3 is 15.7 Å². The van der Waals surface area contributed by atoms with Gasteiger partial charge in [0.2, 0.25) is 0 Å². The van der Waals surface area contributed by atoms with Gasteiger partial charge >= 0.3 is 6.03 Å². The third-order valence-electron chi connectivity index (χ3n) is 4.66. The number of rotatable bonds is 3. The van der Waals surface area contributed by atoms with E-state index in [1.165, 1.54) is 0 Å². The Bertz CT molecular complexity index is 704. The minimum absolute atomic E-state index is 0.00643. The number of aryl methyl sites for hydroxylation is 1. The quantitative estimate of drug-likeness (QED) is 0.756. The van der Waals surface area contributed by atoms with E-state index in [1.807, 2.05) is 24.3 Å². The van der Waals surface area contributed by atoms with E-state index in [0.717, 1.165) is 24.0 Å². The molecule has 1 aliphatic heterocycles. The van der Waals surface area contributed by atoms with Gasteiger partial charge in [0.05, 0.1) is 18.1 Å². The van der Waals surface area contributed by atoms with E-state index in [1.54, 1.807) is 0 Å². The van der Waals surface area contributed by atoms with Gasteiger partial charge in [-0.05, 0) is 36.8 Å². The van der Waals surface area contributed by atoms with E-state index in [9.17, 15) is 18.3 Å². The van der Waals surface area contributed by atoms with Gasteiger partial charge in [-0.3, -0.25) is 0 Å². The van der Waals surface area contributed by atoms with E-state index in [2.05, 4.69) is 10.6 Å². The van der Waals surface area contributed by atoms with Gasteiger partial charge in [-0.2, -0.15) is 0 Å². The largest absolute Gasteiger partial charge is 0.383 e. The number of fused-ring (bicyclic) bond motifs is 1. The zero-order valence-electron chi connectivity index (χ0n) is 12.9. The molecule has 0 unspecified atom stereocenters. The molecule has 1 aliphatic carbocycles. The molecular formula is C16H22N2O4S. The summed E-state index contributed by atoms with van der Waals surface area (Å²) in [6.07, 6.45) is 2.85. The highest BCUT2D eigenvalue weighted by molar-refractivity contribution is 7.91. The van der Waals surface area contributed by atoms with E-state index in [4.69, 9.17) is 0 Å². The van der Waals surface area contributed by atoms with Gasteiger partial charge in [-0.25, -0.2) is 13.2 Å². The maximum Gasteiger partial charge on any atom is 0.315 e. The maximum absolute atomic E-state index is 12.0. The van der Waals surface area contributed by atoms with Gasteiger partial charge in [0.25, 0.3) is 0 Å². The summed E-state index contributed by atoms with van der Waals surface area (Å²) in [5.41, 5.74) is 0.925. The summed E-state index contributed by atoms with van der Waals surface area (Å²) >= 11 is 0. The van der Waals surface area contributed by atoms with Crippen molar-refractivity contribution in [2.75, 3.05) is 18.1 Å². The Morgan fingerprint density at radius 3 is 2.87 bits per heavy atom. The molecule has 1 aromatic rings. The van der Waals surface area contributed by atoms with Crippen molar-refractivity contribution < 1.29 is 18.3 Å². The fourth-order valence-corrected chi connectivity index (χ4v) is 5.13. The number of nitrogens with one attached hydrogen (secondary N) is 2. The lowest BCUT2D eigenvalue weighted by Gasteiger charge is -2.34. The molecule has 2 amide bonds. The first-order chi connectivity index (χ1) is 10.9. The van der Waals surface area contributed by atoms with Gasteiger partial charge in [-0.15, -0.1) is 0 Å². The molecule has 2 atom stereocenters. The van der Waals surface area contributed by atoms with Crippen molar-refractivity contribution in [3.8, 4) is 0 Å². The summed E-state index contributed by atoms with van der Waals surface area (Å²) in [7, 11) is -3.02. The third kappa shape index (κ3) is 3.67. The summed E-state index contributed by atoms with van der Waals surface area (Å²) < 4.78 is 22.8. The molecule has 23 heavy (non-hydrogen) atoms. The molecule has 0 bridgehead atoms. The summed E-state index contributed by atoms with van der Waals surface area (Å²) in [5, 5.41) is 16.2. The van der Waals surface area contributed by atoms with Crippen LogP contribution in [0.2, 0.25) is 0 Å². The zero-order valence-corrected chi connectivity index (χ0v) is 13.7. The molecule has 7 heteroatoms. The van der Waals surface area contributed by atoms with Crippen LogP contribution >= 0.6 is 0 Å². The highest BCUT2D eigenvalue weighted by atomic mass is 32.2. The zero-order chi connectivity index (χ0) is 16.5. The normalized spacial score (nSPS) is 28.8. The second-order valence-electron chi connectivity index (χ2n) is 6.47. The number of sulfone groups is 1. The van der Waals surface area contributed by atoms with E-state index < -0.39 is 21.5 Å². The average Bonchev–Trinajstić information content (AvgIpc) is 2.85. The molecule has 0 aromatic heterocycles. The molecular weight excluding hydrogens is 316 g/mol. The van der Waals surface area contributed by atoms with Crippen LogP contribution in [0, 0.1) is 0 Å². The molecule has 1 saturated heterocycles. The summed E-state index contributed by atoms with van der Waals surface area (Å²) in [5.74, 6) is 0.114. The fourth-order valence-electron chi connectivity index (χ4n) is 3.45. The number of amides is 2. The monoisotopic (exact) mass is 338 g/mol. The minimum atomic E-state index is -3.02. The number of urea groups is 1. The fraction of sp³-hybridized carbons (Fsp3) is 0.562. The van der Waals surface area contributed by atoms with Crippen molar-refractivity contribution in [2.45, 2.75) is 37.3 Å². The number of benzene rings is 1. The minimum Gasteiger partial charge on any atom is -0.383 e. The Kier molecular flexibility index (Phi) is 4.33. The number of carbonyl (C=O) groups excluding carboxylic acids is 1. The molecule has 0 radical (unpaired) electrons. The van der Waals surface area contributed by atoms with E-state index >= 15 is 0 Å². The molecule has 126 valence electrons. The highest BCUT2D eigenvalue weighted by Crippen LogP contribution is 2.34. The maximum atomic E-state index is 12.0. The second-order valence-corrected chi connectivity index (χ2v) is 8.70. The average molecular weight is 338 g/mol. The highest BCUT2D eigenvalue weighted by Gasteiger charge is 2.35. The predicted octanol–water partition coefficient (Wildman–Crippen LogP) is 0.697. The van der Waals surface area contributed by atoms with Crippen LogP contribution in [0.1, 0.15) is 30.4 Å². The van der Waals surface area contributed by atoms with Crippen LogP contribution in [0.3, 0.4) is 0 Å². The van der Waals surface area contributed by atoms with Gasteiger partial charge in [0.1, 0.15) is 5.60 Å². The van der Waals surface area contributed by atoms with E-state index in [-0.39, 0.29) is 24.1 Å². The molecule has 2 aliphatic rings. The summed E-state index contributed by atoms with van der Waals surface area (Å²) in [4.78, 5) is 12.0. The third-order valence-corrected chi connectivity index (χ3v) is 6.43. The number of hydrogen-bond acceptors (Lipinski definition) is 4. The summed E-state index contributed by atoms with van der Waals surface area (Å²) in [6, 6.07) is 6.97. The molecule has 0 saturated carbocycles. The van der Waals surface area contributed by atoms with Crippen LogP contribution in [0.25, 0.3) is 0 Å². The smallest absolute Gasteiger partial charge is 0.315 e. The van der Waals surface area contributed by atoms with Crippen molar-refractivity contribution >= 4 is 15.9 Å². The first-order valence-electron chi connectivity index (χ1n) is 7.94. The molecule has 1 fully saturated rings. The van der Waals surface area contributed by atoms with Gasteiger partial charge in [0, 0.05) is 6.04 Å². The Balaban J connectivity index is 1.59. The first kappa shape index (κ1) is 16.3. The number of aliphatic hydroxyl groups is 1. The SMILES string of the molecule is O=C(NC[C@@]1(O)CCCc2ccccc21)N[C@H]1CCS(=O)(=O)C1. The van der Waals surface area contributed by atoms with Crippen LogP contribution in [0.15, 0.2) is 24.3 Å². The molecule has 1 heterocycles. The number of hydrogen-bond donors (Lipinski definition) is 3. The van der Waals surface area contributed by atoms with Crippen molar-refractivity contribution in [3.63, 3.8) is 0 Å². The molecule has 3 rings (SSSR count). The Morgan fingerprint density at radius 1 is 1.35 bits per heavy atom. The lowest BCUT2D eigenvalue weighted by atomic mass is 9.79. The van der Waals surface area contributed by atoms with E-state index in [0.29, 0.717) is 12.8 Å². The molecule has 3 N–H and O–H groups in total. The molecule has 6 nitrogen and oxygen atoms in total. The van der Waals surface area contributed by atoms with Crippen LogP contribution in [-0.4, -0.2) is 43.6 Å². The van der Waals surface area contributed by atoms with Crippen LogP contribution in [0.5, 0.6) is 0 Å². The predicted molar refractivity (Wildman–Crippen MR) is 86.9 cm³/mol. The lowest BCUT2D eigenvalue weighted by Crippen LogP contribution is -2.48. The van der Waals surface area contributed by atoms with Gasteiger partial charge in [0.15, 0.2) is 9.84 Å². The van der Waals surface area contributed by atoms with Crippen LogP contribution in [0.4, 0.5) is 4.79 Å². The lowest BCUT2D eigenvalue weighted by molar-refractivity contribution is 0.0216. The van der Waals surface area contributed by atoms with Crippen molar-refractivity contribution in [1.82, 2.24) is 10.6 Å². The second kappa shape index (κ2) is 6.13. The Labute approximate surface area is 136 Å². The molecule has 1 aromatic carbocycles. The van der Waals surface area contributed by atoms with Crippen molar-refractivity contribution in [2.24, 2.45) is 0 Å². The Hall–Kier alpha value is -1.60. The standard InChI is InChI=1S/C16H22N2O4S/c19-15(18-13-7-9-23(21,22)10-13)17-11-16(20)8-3-5-12-4-1-2-6-14(12)16/h1-2,4,6,13,20H,3,5,7-11H2,(H2,17,18,19)/t13-,16-/m0/s1. The van der Waals surface area contributed by atoms with Crippen molar-refractivity contribution in [1.29, 1.82) is 0 Å². The summed E-state index contributed by atoms with van der Waals surface area (Å²) in [6.45, 7) is 0.120.